The molecule has 14 heavy (non-hydrogen) atoms. The van der Waals surface area contributed by atoms with Gasteiger partial charge in [-0.3, -0.25) is 0 Å². The molecular formula is C12H12O2. The maximum absolute atomic E-state index is 10.2. The quantitative estimate of drug-likeness (QED) is 0.737. The normalized spacial score (nSPS) is 10.3. The predicted molar refractivity (Wildman–Crippen MR) is 57.0 cm³/mol. The molecule has 1 aromatic carbocycles. The second-order valence-electron chi connectivity index (χ2n) is 2.85. The fourth-order valence-corrected chi connectivity index (χ4v) is 1.21. The van der Waals surface area contributed by atoms with Crippen LogP contribution < -0.4 is 0 Å². The number of hydrogen-bond donors (Lipinski definition) is 1. The molecule has 2 heteroatoms. The first-order valence-electron chi connectivity index (χ1n) is 4.34. The van der Waals surface area contributed by atoms with E-state index < -0.39 is 5.97 Å². The first-order valence-corrected chi connectivity index (χ1v) is 4.34. The van der Waals surface area contributed by atoms with E-state index in [1.165, 1.54) is 0 Å². The molecule has 1 N–H and O–H groups in total. The van der Waals surface area contributed by atoms with Crippen molar-refractivity contribution in [2.45, 2.75) is 6.42 Å². The molecule has 0 unspecified atom stereocenters. The van der Waals surface area contributed by atoms with Crippen LogP contribution >= 0.6 is 0 Å². The SMILES string of the molecule is C=Cc1ccccc1CC=CC(=O)O. The van der Waals surface area contributed by atoms with Crippen molar-refractivity contribution in [3.8, 4) is 0 Å². The number of rotatable bonds is 4. The summed E-state index contributed by atoms with van der Waals surface area (Å²) in [5.74, 6) is -0.916. The van der Waals surface area contributed by atoms with Gasteiger partial charge in [0.05, 0.1) is 0 Å². The zero-order valence-electron chi connectivity index (χ0n) is 7.81. The summed E-state index contributed by atoms with van der Waals surface area (Å²) in [4.78, 5) is 10.2. The number of carbonyl (C=O) groups is 1. The van der Waals surface area contributed by atoms with Gasteiger partial charge in [0.1, 0.15) is 0 Å². The molecule has 0 atom stereocenters. The molecule has 0 aliphatic carbocycles. The maximum Gasteiger partial charge on any atom is 0.327 e. The molecule has 0 aliphatic heterocycles. The fraction of sp³-hybridized carbons (Fsp3) is 0.0833. The minimum atomic E-state index is -0.916. The number of aliphatic carboxylic acids is 1. The van der Waals surface area contributed by atoms with Gasteiger partial charge in [0, 0.05) is 6.08 Å². The Kier molecular flexibility index (Phi) is 3.68. The van der Waals surface area contributed by atoms with Crippen LogP contribution in [0.2, 0.25) is 0 Å². The highest BCUT2D eigenvalue weighted by atomic mass is 16.4. The summed E-state index contributed by atoms with van der Waals surface area (Å²) in [6.07, 6.45) is 5.17. The van der Waals surface area contributed by atoms with Crippen LogP contribution in [0.1, 0.15) is 11.1 Å². The lowest BCUT2D eigenvalue weighted by Crippen LogP contribution is -1.89. The van der Waals surface area contributed by atoms with Crippen LogP contribution in [0.3, 0.4) is 0 Å². The molecule has 0 spiro atoms. The third-order valence-corrected chi connectivity index (χ3v) is 1.87. The minimum absolute atomic E-state index is 0.620. The van der Waals surface area contributed by atoms with Crippen molar-refractivity contribution < 1.29 is 9.90 Å². The third kappa shape index (κ3) is 2.90. The summed E-state index contributed by atoms with van der Waals surface area (Å²) in [5, 5.41) is 8.41. The van der Waals surface area contributed by atoms with E-state index >= 15 is 0 Å². The summed E-state index contributed by atoms with van der Waals surface area (Å²) in [7, 11) is 0. The molecule has 0 amide bonds. The van der Waals surface area contributed by atoms with Crippen molar-refractivity contribution in [3.05, 3.63) is 54.1 Å². The zero-order chi connectivity index (χ0) is 10.4. The largest absolute Gasteiger partial charge is 0.478 e. The van der Waals surface area contributed by atoms with E-state index in [9.17, 15) is 4.79 Å². The monoisotopic (exact) mass is 188 g/mol. The summed E-state index contributed by atoms with van der Waals surface area (Å²) < 4.78 is 0. The van der Waals surface area contributed by atoms with Gasteiger partial charge in [-0.05, 0) is 17.5 Å². The molecule has 0 saturated heterocycles. The lowest BCUT2D eigenvalue weighted by molar-refractivity contribution is -0.131. The molecular weight excluding hydrogens is 176 g/mol. The lowest BCUT2D eigenvalue weighted by Gasteiger charge is -2.01. The fourth-order valence-electron chi connectivity index (χ4n) is 1.21. The van der Waals surface area contributed by atoms with E-state index in [0.717, 1.165) is 17.2 Å². The average Bonchev–Trinajstić information content (AvgIpc) is 2.18. The first-order chi connectivity index (χ1) is 6.74. The Morgan fingerprint density at radius 1 is 1.43 bits per heavy atom. The van der Waals surface area contributed by atoms with Crippen LogP contribution in [-0.4, -0.2) is 11.1 Å². The van der Waals surface area contributed by atoms with Crippen molar-refractivity contribution in [1.82, 2.24) is 0 Å². The van der Waals surface area contributed by atoms with E-state index in [0.29, 0.717) is 6.42 Å². The third-order valence-electron chi connectivity index (χ3n) is 1.87. The second-order valence-corrected chi connectivity index (χ2v) is 2.85. The molecule has 1 rings (SSSR count). The topological polar surface area (TPSA) is 37.3 Å². The Morgan fingerprint density at radius 3 is 2.79 bits per heavy atom. The number of carboxylic acids is 1. The molecule has 0 aliphatic rings. The highest BCUT2D eigenvalue weighted by Gasteiger charge is 1.95. The van der Waals surface area contributed by atoms with Crippen LogP contribution in [0.4, 0.5) is 0 Å². The molecule has 0 bridgehead atoms. The standard InChI is InChI=1S/C12H12O2/c1-2-10-6-3-4-7-11(10)8-5-9-12(13)14/h2-7,9H,1,8H2,(H,13,14). The number of hydrogen-bond acceptors (Lipinski definition) is 1. The van der Waals surface area contributed by atoms with Gasteiger partial charge in [0.25, 0.3) is 0 Å². The molecule has 2 nitrogen and oxygen atoms in total. The van der Waals surface area contributed by atoms with Gasteiger partial charge < -0.3 is 5.11 Å². The van der Waals surface area contributed by atoms with Gasteiger partial charge >= 0.3 is 5.97 Å². The van der Waals surface area contributed by atoms with Gasteiger partial charge in [-0.25, -0.2) is 4.79 Å². The van der Waals surface area contributed by atoms with E-state index in [1.807, 2.05) is 24.3 Å². The Hall–Kier alpha value is -1.83. The second kappa shape index (κ2) is 5.02. The van der Waals surface area contributed by atoms with Crippen molar-refractivity contribution in [2.24, 2.45) is 0 Å². The highest BCUT2D eigenvalue weighted by molar-refractivity contribution is 5.79. The van der Waals surface area contributed by atoms with E-state index in [1.54, 1.807) is 12.2 Å². The van der Waals surface area contributed by atoms with E-state index in [-0.39, 0.29) is 0 Å². The predicted octanol–water partition coefficient (Wildman–Crippen LogP) is 2.51. The van der Waals surface area contributed by atoms with Crippen molar-refractivity contribution in [3.63, 3.8) is 0 Å². The molecule has 0 heterocycles. The Labute approximate surface area is 83.2 Å². The van der Waals surface area contributed by atoms with Crippen molar-refractivity contribution in [2.75, 3.05) is 0 Å². The Bertz CT molecular complexity index is 364. The number of carboxylic acid groups (broad SMARTS) is 1. The van der Waals surface area contributed by atoms with Crippen molar-refractivity contribution in [1.29, 1.82) is 0 Å². The summed E-state index contributed by atoms with van der Waals surface area (Å²) in [5.41, 5.74) is 2.13. The van der Waals surface area contributed by atoms with Gasteiger partial charge in [-0.1, -0.05) is 43.0 Å². The first kappa shape index (κ1) is 10.3. The summed E-state index contributed by atoms with van der Waals surface area (Å²) in [6.45, 7) is 3.69. The van der Waals surface area contributed by atoms with Gasteiger partial charge in [-0.15, -0.1) is 0 Å². The van der Waals surface area contributed by atoms with Crippen LogP contribution in [0.25, 0.3) is 6.08 Å². The van der Waals surface area contributed by atoms with Gasteiger partial charge in [0.2, 0.25) is 0 Å². The van der Waals surface area contributed by atoms with E-state index in [2.05, 4.69) is 6.58 Å². The zero-order valence-corrected chi connectivity index (χ0v) is 7.81. The van der Waals surface area contributed by atoms with Crippen LogP contribution in [0.15, 0.2) is 43.0 Å². The highest BCUT2D eigenvalue weighted by Crippen LogP contribution is 2.10. The van der Waals surface area contributed by atoms with E-state index in [4.69, 9.17) is 5.11 Å². The van der Waals surface area contributed by atoms with Gasteiger partial charge in [-0.2, -0.15) is 0 Å². The molecule has 0 saturated carbocycles. The number of benzene rings is 1. The molecule has 0 radical (unpaired) electrons. The lowest BCUT2D eigenvalue weighted by atomic mass is 10.0. The van der Waals surface area contributed by atoms with Gasteiger partial charge in [0.15, 0.2) is 0 Å². The maximum atomic E-state index is 10.2. The molecule has 0 aromatic heterocycles. The summed E-state index contributed by atoms with van der Waals surface area (Å²) in [6, 6.07) is 7.78. The smallest absolute Gasteiger partial charge is 0.327 e. The van der Waals surface area contributed by atoms with Crippen molar-refractivity contribution >= 4 is 12.0 Å². The average molecular weight is 188 g/mol. The Balaban J connectivity index is 2.76. The Morgan fingerprint density at radius 2 is 2.14 bits per heavy atom. The molecule has 72 valence electrons. The van der Waals surface area contributed by atoms with Crippen LogP contribution in [0.5, 0.6) is 0 Å². The van der Waals surface area contributed by atoms with Crippen LogP contribution in [-0.2, 0) is 11.2 Å². The molecule has 1 aromatic rings. The molecule has 0 fully saturated rings. The number of allylic oxidation sites excluding steroid dienone is 1. The minimum Gasteiger partial charge on any atom is -0.478 e. The summed E-state index contributed by atoms with van der Waals surface area (Å²) >= 11 is 0. The van der Waals surface area contributed by atoms with Crippen LogP contribution in [0, 0.1) is 0 Å².